The predicted molar refractivity (Wildman–Crippen MR) is 73.2 cm³/mol. The van der Waals surface area contributed by atoms with Crippen molar-refractivity contribution in [3.63, 3.8) is 0 Å². The summed E-state index contributed by atoms with van der Waals surface area (Å²) < 4.78 is 0. The maximum absolute atomic E-state index is 6.20. The number of nitrogens with zero attached hydrogens (tertiary/aromatic N) is 2. The number of aromatic nitrogens is 2. The van der Waals surface area contributed by atoms with Gasteiger partial charge in [-0.3, -0.25) is 0 Å². The van der Waals surface area contributed by atoms with Gasteiger partial charge in [-0.2, -0.15) is 0 Å². The molecule has 18 heavy (non-hydrogen) atoms. The van der Waals surface area contributed by atoms with Crippen molar-refractivity contribution in [2.45, 2.75) is 32.2 Å². The number of nitrogens with two attached hydrogens (primary N) is 1. The molecule has 0 aliphatic rings. The highest BCUT2D eigenvalue weighted by Gasteiger charge is 2.14. The van der Waals surface area contributed by atoms with Crippen molar-refractivity contribution in [3.05, 3.63) is 59.7 Å². The second-order valence-electron chi connectivity index (χ2n) is 5.52. The Hall–Kier alpha value is -1.74. The summed E-state index contributed by atoms with van der Waals surface area (Å²) in [5, 5.41) is 0. The van der Waals surface area contributed by atoms with Crippen LogP contribution in [0.4, 0.5) is 0 Å². The van der Waals surface area contributed by atoms with Crippen LogP contribution in [0.3, 0.4) is 0 Å². The van der Waals surface area contributed by atoms with Gasteiger partial charge in [0.2, 0.25) is 0 Å². The first-order chi connectivity index (χ1) is 8.48. The van der Waals surface area contributed by atoms with Gasteiger partial charge in [-0.15, -0.1) is 0 Å². The van der Waals surface area contributed by atoms with Crippen molar-refractivity contribution in [2.24, 2.45) is 5.73 Å². The predicted octanol–water partition coefficient (Wildman–Crippen LogP) is 2.82. The average molecular weight is 241 g/mol. The van der Waals surface area contributed by atoms with Crippen LogP contribution in [0.1, 0.15) is 43.5 Å². The standard InChI is InChI=1S/C15H19N3/c1-15(2,3)13-6-4-11(5-7-13)14(16)12-8-17-10-18-9-12/h4-10,14H,16H2,1-3H3. The highest BCUT2D eigenvalue weighted by atomic mass is 14.8. The van der Waals surface area contributed by atoms with E-state index in [4.69, 9.17) is 5.73 Å². The molecular formula is C15H19N3. The lowest BCUT2D eigenvalue weighted by atomic mass is 9.86. The molecule has 1 aromatic heterocycles. The van der Waals surface area contributed by atoms with Crippen molar-refractivity contribution < 1.29 is 0 Å². The quantitative estimate of drug-likeness (QED) is 0.879. The van der Waals surface area contributed by atoms with Gasteiger partial charge in [0.25, 0.3) is 0 Å². The van der Waals surface area contributed by atoms with Crippen LogP contribution >= 0.6 is 0 Å². The van der Waals surface area contributed by atoms with Gasteiger partial charge in [0.05, 0.1) is 6.04 Å². The second-order valence-corrected chi connectivity index (χ2v) is 5.52. The maximum atomic E-state index is 6.20. The van der Waals surface area contributed by atoms with Crippen LogP contribution in [0.15, 0.2) is 43.0 Å². The fourth-order valence-electron chi connectivity index (χ4n) is 1.85. The summed E-state index contributed by atoms with van der Waals surface area (Å²) >= 11 is 0. The number of rotatable bonds is 2. The van der Waals surface area contributed by atoms with Crippen molar-refractivity contribution >= 4 is 0 Å². The fourth-order valence-corrected chi connectivity index (χ4v) is 1.85. The Morgan fingerprint density at radius 1 is 0.944 bits per heavy atom. The molecule has 0 saturated heterocycles. The molecule has 0 radical (unpaired) electrons. The van der Waals surface area contributed by atoms with E-state index >= 15 is 0 Å². The van der Waals surface area contributed by atoms with Crippen LogP contribution in [0.2, 0.25) is 0 Å². The highest BCUT2D eigenvalue weighted by Crippen LogP contribution is 2.25. The van der Waals surface area contributed by atoms with Crippen LogP contribution in [-0.2, 0) is 5.41 Å². The van der Waals surface area contributed by atoms with E-state index < -0.39 is 0 Å². The van der Waals surface area contributed by atoms with Gasteiger partial charge in [-0.25, -0.2) is 9.97 Å². The third-order valence-electron chi connectivity index (χ3n) is 3.08. The number of hydrogen-bond donors (Lipinski definition) is 1. The molecule has 2 rings (SSSR count). The van der Waals surface area contributed by atoms with Crippen LogP contribution in [0.25, 0.3) is 0 Å². The smallest absolute Gasteiger partial charge is 0.115 e. The zero-order valence-electron chi connectivity index (χ0n) is 11.1. The minimum atomic E-state index is -0.166. The van der Waals surface area contributed by atoms with E-state index in [1.165, 1.54) is 11.9 Å². The minimum absolute atomic E-state index is 0.165. The monoisotopic (exact) mass is 241 g/mol. The van der Waals surface area contributed by atoms with Gasteiger partial charge in [-0.05, 0) is 16.5 Å². The lowest BCUT2D eigenvalue weighted by molar-refractivity contribution is 0.589. The molecule has 0 fully saturated rings. The third kappa shape index (κ3) is 2.74. The molecule has 0 amide bonds. The molecule has 0 aliphatic carbocycles. The maximum Gasteiger partial charge on any atom is 0.115 e. The fraction of sp³-hybridized carbons (Fsp3) is 0.333. The van der Waals surface area contributed by atoms with Gasteiger partial charge >= 0.3 is 0 Å². The lowest BCUT2D eigenvalue weighted by Gasteiger charge is -2.20. The zero-order chi connectivity index (χ0) is 13.2. The van der Waals surface area contributed by atoms with Crippen molar-refractivity contribution in [1.29, 1.82) is 0 Å². The van der Waals surface area contributed by atoms with E-state index in [0.717, 1.165) is 11.1 Å². The van der Waals surface area contributed by atoms with Crippen LogP contribution in [0.5, 0.6) is 0 Å². The molecule has 0 saturated carbocycles. The number of hydrogen-bond acceptors (Lipinski definition) is 3. The van der Waals surface area contributed by atoms with Crippen molar-refractivity contribution in [3.8, 4) is 0 Å². The molecule has 0 bridgehead atoms. The largest absolute Gasteiger partial charge is 0.320 e. The molecule has 3 nitrogen and oxygen atoms in total. The zero-order valence-corrected chi connectivity index (χ0v) is 11.1. The van der Waals surface area contributed by atoms with E-state index in [1.54, 1.807) is 12.4 Å². The Morgan fingerprint density at radius 3 is 2.00 bits per heavy atom. The Kier molecular flexibility index (Phi) is 3.43. The Bertz CT molecular complexity index is 498. The van der Waals surface area contributed by atoms with Gasteiger partial charge in [0.15, 0.2) is 0 Å². The average Bonchev–Trinajstić information content (AvgIpc) is 2.38. The van der Waals surface area contributed by atoms with Crippen molar-refractivity contribution in [2.75, 3.05) is 0 Å². The number of benzene rings is 1. The molecule has 0 aliphatic heterocycles. The Morgan fingerprint density at radius 2 is 1.50 bits per heavy atom. The molecule has 1 atom stereocenters. The molecule has 94 valence electrons. The summed E-state index contributed by atoms with van der Waals surface area (Å²) in [5.41, 5.74) is 9.68. The van der Waals surface area contributed by atoms with Crippen LogP contribution < -0.4 is 5.73 Å². The van der Waals surface area contributed by atoms with Gasteiger partial charge in [0, 0.05) is 18.0 Å². The summed E-state index contributed by atoms with van der Waals surface area (Å²) in [7, 11) is 0. The molecule has 3 heteroatoms. The summed E-state index contributed by atoms with van der Waals surface area (Å²) in [4.78, 5) is 7.99. The van der Waals surface area contributed by atoms with Crippen LogP contribution in [-0.4, -0.2) is 9.97 Å². The Labute approximate surface area is 108 Å². The highest BCUT2D eigenvalue weighted by molar-refractivity contribution is 5.33. The Balaban J connectivity index is 2.25. The SMILES string of the molecule is CC(C)(C)c1ccc(C(N)c2cncnc2)cc1. The van der Waals surface area contributed by atoms with E-state index in [0.29, 0.717) is 0 Å². The van der Waals surface area contributed by atoms with Gasteiger partial charge in [-0.1, -0.05) is 45.0 Å². The molecule has 0 spiro atoms. The first kappa shape index (κ1) is 12.7. The summed E-state index contributed by atoms with van der Waals surface area (Å²) in [6.45, 7) is 6.60. The van der Waals surface area contributed by atoms with Gasteiger partial charge < -0.3 is 5.73 Å². The molecule has 1 heterocycles. The molecule has 1 unspecified atom stereocenters. The topological polar surface area (TPSA) is 51.8 Å². The van der Waals surface area contributed by atoms with Gasteiger partial charge in [0.1, 0.15) is 6.33 Å². The van der Waals surface area contributed by atoms with Crippen LogP contribution in [0, 0.1) is 0 Å². The molecule has 2 aromatic rings. The molecular weight excluding hydrogens is 222 g/mol. The summed E-state index contributed by atoms with van der Waals surface area (Å²) in [5.74, 6) is 0. The first-order valence-electron chi connectivity index (χ1n) is 6.09. The van der Waals surface area contributed by atoms with E-state index in [-0.39, 0.29) is 11.5 Å². The minimum Gasteiger partial charge on any atom is -0.320 e. The third-order valence-corrected chi connectivity index (χ3v) is 3.08. The summed E-state index contributed by atoms with van der Waals surface area (Å²) in [6, 6.07) is 8.27. The van der Waals surface area contributed by atoms with E-state index in [2.05, 4.69) is 55.0 Å². The first-order valence-corrected chi connectivity index (χ1v) is 6.09. The van der Waals surface area contributed by atoms with E-state index in [1.807, 2.05) is 0 Å². The lowest BCUT2D eigenvalue weighted by Crippen LogP contribution is -2.14. The second kappa shape index (κ2) is 4.86. The molecule has 2 N–H and O–H groups in total. The van der Waals surface area contributed by atoms with Crippen molar-refractivity contribution in [1.82, 2.24) is 9.97 Å². The summed E-state index contributed by atoms with van der Waals surface area (Å²) in [6.07, 6.45) is 5.03. The normalized spacial score (nSPS) is 13.3. The van der Waals surface area contributed by atoms with E-state index in [9.17, 15) is 0 Å². The molecule has 1 aromatic carbocycles.